The molecule has 1 aliphatic heterocycles. The van der Waals surface area contributed by atoms with Gasteiger partial charge in [-0.1, -0.05) is 0 Å². The largest absolute Gasteiger partial charge is 0.465 e. The molecule has 9 heteroatoms. The monoisotopic (exact) mass is 337 g/mol. The summed E-state index contributed by atoms with van der Waals surface area (Å²) >= 11 is 0. The number of ether oxygens (including phenoxy) is 3. The highest BCUT2D eigenvalue weighted by molar-refractivity contribution is 6.44. The van der Waals surface area contributed by atoms with Gasteiger partial charge in [0.05, 0.1) is 32.6 Å². The summed E-state index contributed by atoms with van der Waals surface area (Å²) in [5.41, 5.74) is -1.42. The van der Waals surface area contributed by atoms with Crippen LogP contribution in [0.15, 0.2) is 23.8 Å². The normalized spacial score (nSPS) is 12.6. The lowest BCUT2D eigenvalue weighted by Gasteiger charge is -2.12. The molecule has 0 aliphatic carbocycles. The van der Waals surface area contributed by atoms with Crippen LogP contribution in [0.25, 0.3) is 5.57 Å². The van der Waals surface area contributed by atoms with Crippen LogP contribution in [0.5, 0.6) is 0 Å². The fourth-order valence-corrected chi connectivity index (χ4v) is 2.25. The lowest BCUT2D eigenvalue weighted by Crippen LogP contribution is -2.34. The van der Waals surface area contributed by atoms with Crippen molar-refractivity contribution < 1.29 is 37.8 Å². The molecule has 0 radical (unpaired) electrons. The van der Waals surface area contributed by atoms with E-state index in [0.717, 1.165) is 39.5 Å². The van der Waals surface area contributed by atoms with Crippen LogP contribution >= 0.6 is 0 Å². The molecule has 0 saturated heterocycles. The maximum Gasteiger partial charge on any atom is 0.421 e. The van der Waals surface area contributed by atoms with Crippen molar-refractivity contribution in [1.82, 2.24) is 0 Å². The third-order valence-corrected chi connectivity index (χ3v) is 3.27. The van der Waals surface area contributed by atoms with Gasteiger partial charge in [0.2, 0.25) is 0 Å². The number of carbonyl (C=O) groups excluding carboxylic acids is 4. The van der Waals surface area contributed by atoms with E-state index in [4.69, 9.17) is 0 Å². The topological polar surface area (TPSA) is 99.2 Å². The molecule has 0 fully saturated rings. The molecule has 1 aromatic carbocycles. The second-order valence-electron chi connectivity index (χ2n) is 4.51. The Labute approximate surface area is 135 Å². The highest BCUT2D eigenvalue weighted by atomic mass is 19.1. The van der Waals surface area contributed by atoms with Gasteiger partial charge in [-0.25, -0.2) is 23.7 Å². The maximum absolute atomic E-state index is 13.6. The number of benzene rings is 1. The highest BCUT2D eigenvalue weighted by Gasteiger charge is 2.43. The van der Waals surface area contributed by atoms with Crippen molar-refractivity contribution in [3.8, 4) is 0 Å². The van der Waals surface area contributed by atoms with E-state index in [1.54, 1.807) is 0 Å². The summed E-state index contributed by atoms with van der Waals surface area (Å²) in [5, 5.41) is 0. The Hall–Kier alpha value is -3.23. The van der Waals surface area contributed by atoms with Crippen molar-refractivity contribution in [3.05, 3.63) is 35.2 Å². The molecule has 0 N–H and O–H groups in total. The molecule has 1 aliphatic rings. The number of hydrogen-bond donors (Lipinski definition) is 0. The Bertz CT molecular complexity index is 766. The van der Waals surface area contributed by atoms with E-state index in [-0.39, 0.29) is 11.3 Å². The number of nitrogens with zero attached hydrogens (tertiary/aromatic N) is 1. The van der Waals surface area contributed by atoms with Gasteiger partial charge in [0.1, 0.15) is 5.82 Å². The third-order valence-electron chi connectivity index (χ3n) is 3.27. The zero-order chi connectivity index (χ0) is 18.0. The van der Waals surface area contributed by atoms with Crippen molar-refractivity contribution in [2.75, 3.05) is 26.2 Å². The number of methoxy groups -OCH3 is 3. The van der Waals surface area contributed by atoms with Crippen molar-refractivity contribution in [2.45, 2.75) is 0 Å². The van der Waals surface area contributed by atoms with Gasteiger partial charge in [0.15, 0.2) is 5.57 Å². The number of carbonyl (C=O) groups is 4. The standard InChI is InChI=1S/C15H12FNO7/c1-22-13(19)11(14(20)23-2)10-8-6-7(16)4-5-9(8)17(12(10)18)15(21)24-3/h4-6H,1-3H3. The first-order valence-electron chi connectivity index (χ1n) is 6.50. The lowest BCUT2D eigenvalue weighted by atomic mass is 10.0. The summed E-state index contributed by atoms with van der Waals surface area (Å²) in [5.74, 6) is -4.09. The molecule has 0 atom stereocenters. The predicted molar refractivity (Wildman–Crippen MR) is 77.2 cm³/mol. The number of esters is 2. The molecule has 0 unspecified atom stereocenters. The molecule has 0 aromatic heterocycles. The smallest absolute Gasteiger partial charge is 0.421 e. The number of rotatable bonds is 2. The van der Waals surface area contributed by atoms with Crippen LogP contribution in [0.4, 0.5) is 14.9 Å². The average Bonchev–Trinajstić information content (AvgIpc) is 2.85. The molecular weight excluding hydrogens is 325 g/mol. The molecule has 2 amide bonds. The summed E-state index contributed by atoms with van der Waals surface area (Å²) in [6.07, 6.45) is -1.06. The SMILES string of the molecule is COC(=O)C(C(=O)OC)=C1C(=O)N(C(=O)OC)c2ccc(F)cc21. The average molecular weight is 337 g/mol. The molecule has 126 valence electrons. The Balaban J connectivity index is 2.83. The van der Waals surface area contributed by atoms with E-state index in [9.17, 15) is 23.6 Å². The summed E-state index contributed by atoms with van der Waals surface area (Å²) in [4.78, 5) is 48.9. The summed E-state index contributed by atoms with van der Waals surface area (Å²) in [6.45, 7) is 0. The molecule has 1 heterocycles. The van der Waals surface area contributed by atoms with Crippen LogP contribution in [0.3, 0.4) is 0 Å². The van der Waals surface area contributed by atoms with E-state index < -0.39 is 40.9 Å². The van der Waals surface area contributed by atoms with Crippen molar-refractivity contribution in [2.24, 2.45) is 0 Å². The lowest BCUT2D eigenvalue weighted by molar-refractivity contribution is -0.144. The zero-order valence-electron chi connectivity index (χ0n) is 12.9. The first-order chi connectivity index (χ1) is 11.4. The maximum atomic E-state index is 13.6. The Morgan fingerprint density at radius 2 is 1.58 bits per heavy atom. The van der Waals surface area contributed by atoms with E-state index in [2.05, 4.69) is 14.2 Å². The quantitative estimate of drug-likeness (QED) is 0.261. The number of fused-ring (bicyclic) bond motifs is 1. The van der Waals surface area contributed by atoms with Crippen LogP contribution in [0.2, 0.25) is 0 Å². The second kappa shape index (κ2) is 6.49. The predicted octanol–water partition coefficient (Wildman–Crippen LogP) is 1.04. The van der Waals surface area contributed by atoms with Crippen molar-refractivity contribution in [3.63, 3.8) is 0 Å². The zero-order valence-corrected chi connectivity index (χ0v) is 12.9. The van der Waals surface area contributed by atoms with E-state index in [0.29, 0.717) is 4.90 Å². The molecule has 24 heavy (non-hydrogen) atoms. The van der Waals surface area contributed by atoms with Gasteiger partial charge in [-0.15, -0.1) is 0 Å². The van der Waals surface area contributed by atoms with Crippen LogP contribution in [-0.2, 0) is 28.6 Å². The van der Waals surface area contributed by atoms with E-state index in [1.807, 2.05) is 0 Å². The number of anilines is 1. The van der Waals surface area contributed by atoms with Crippen molar-refractivity contribution in [1.29, 1.82) is 0 Å². The summed E-state index contributed by atoms with van der Waals surface area (Å²) in [7, 11) is 3.04. The van der Waals surface area contributed by atoms with E-state index >= 15 is 0 Å². The Morgan fingerprint density at radius 1 is 1.00 bits per heavy atom. The summed E-state index contributed by atoms with van der Waals surface area (Å²) < 4.78 is 27.1. The molecule has 8 nitrogen and oxygen atoms in total. The molecule has 2 rings (SSSR count). The highest BCUT2D eigenvalue weighted by Crippen LogP contribution is 2.39. The Kier molecular flexibility index (Phi) is 4.63. The fourth-order valence-electron chi connectivity index (χ4n) is 2.25. The van der Waals surface area contributed by atoms with Gasteiger partial charge < -0.3 is 14.2 Å². The molecular formula is C15H12FNO7. The van der Waals surface area contributed by atoms with Crippen LogP contribution in [0.1, 0.15) is 5.56 Å². The minimum absolute atomic E-state index is 0.0337. The minimum Gasteiger partial charge on any atom is -0.465 e. The molecule has 0 spiro atoms. The van der Waals surface area contributed by atoms with Crippen LogP contribution in [0, 0.1) is 5.82 Å². The van der Waals surface area contributed by atoms with Gasteiger partial charge >= 0.3 is 18.0 Å². The molecule has 0 bridgehead atoms. The first kappa shape index (κ1) is 17.1. The molecule has 0 saturated carbocycles. The van der Waals surface area contributed by atoms with Gasteiger partial charge in [-0.05, 0) is 18.2 Å². The van der Waals surface area contributed by atoms with Gasteiger partial charge in [-0.3, -0.25) is 4.79 Å². The number of amides is 2. The fraction of sp³-hybridized carbons (Fsp3) is 0.200. The van der Waals surface area contributed by atoms with Crippen molar-refractivity contribution >= 4 is 35.2 Å². The van der Waals surface area contributed by atoms with Gasteiger partial charge in [-0.2, -0.15) is 0 Å². The number of imide groups is 1. The molecule has 1 aromatic rings. The van der Waals surface area contributed by atoms with Crippen LogP contribution < -0.4 is 4.90 Å². The third kappa shape index (κ3) is 2.60. The minimum atomic E-state index is -1.16. The summed E-state index contributed by atoms with van der Waals surface area (Å²) in [6, 6.07) is 3.08. The first-order valence-corrected chi connectivity index (χ1v) is 6.50. The van der Waals surface area contributed by atoms with Gasteiger partial charge in [0.25, 0.3) is 5.91 Å². The van der Waals surface area contributed by atoms with Gasteiger partial charge in [0, 0.05) is 5.56 Å². The second-order valence-corrected chi connectivity index (χ2v) is 4.51. The van der Waals surface area contributed by atoms with E-state index in [1.165, 1.54) is 0 Å². The Morgan fingerprint density at radius 3 is 2.08 bits per heavy atom. The number of hydrogen-bond acceptors (Lipinski definition) is 7. The van der Waals surface area contributed by atoms with Crippen LogP contribution in [-0.4, -0.2) is 45.3 Å². The number of halogens is 1.